The summed E-state index contributed by atoms with van der Waals surface area (Å²) in [5.74, 6) is 0. The summed E-state index contributed by atoms with van der Waals surface area (Å²) in [6.07, 6.45) is 0. The minimum absolute atomic E-state index is 0.0863. The molecule has 1 aromatic heterocycles. The number of hydrogen-bond acceptors (Lipinski definition) is 5. The lowest BCUT2D eigenvalue weighted by atomic mass is 10.0. The summed E-state index contributed by atoms with van der Waals surface area (Å²) < 4.78 is 2.33. The third-order valence-electron chi connectivity index (χ3n) is 4.62. The number of aromatic nitrogens is 4. The topological polar surface area (TPSA) is 74.3 Å². The first-order chi connectivity index (χ1) is 14.0. The molecule has 29 heavy (non-hydrogen) atoms. The van der Waals surface area contributed by atoms with E-state index in [0.717, 1.165) is 21.3 Å². The Bertz CT molecular complexity index is 1280. The van der Waals surface area contributed by atoms with Gasteiger partial charge in [-0.25, -0.2) is 4.79 Å². The minimum Gasteiger partial charge on any atom is -0.391 e. The van der Waals surface area contributed by atoms with Gasteiger partial charge in [-0.1, -0.05) is 59.2 Å². The van der Waals surface area contributed by atoms with Crippen molar-refractivity contribution in [2.75, 3.05) is 0 Å². The van der Waals surface area contributed by atoms with Crippen LogP contribution >= 0.6 is 11.6 Å². The predicted octanol–water partition coefficient (Wildman–Crippen LogP) is 3.71. The quantitative estimate of drug-likeness (QED) is 0.373. The van der Waals surface area contributed by atoms with Gasteiger partial charge in [0, 0.05) is 17.6 Å². The number of halogens is 1. The molecule has 4 rings (SSSR count). The van der Waals surface area contributed by atoms with Crippen molar-refractivity contribution in [2.24, 2.45) is 12.2 Å². The summed E-state index contributed by atoms with van der Waals surface area (Å²) in [5, 5.41) is 14.6. The molecule has 0 atom stereocenters. The van der Waals surface area contributed by atoms with Crippen LogP contribution in [-0.4, -0.2) is 25.5 Å². The molecule has 0 aliphatic rings. The summed E-state index contributed by atoms with van der Waals surface area (Å²) >= 11 is 6.34. The van der Waals surface area contributed by atoms with Gasteiger partial charge in [-0.05, 0) is 51.9 Å². The SMILES string of the molecule is CC(=NOCc1c(Cl)cccc1-n1nnn(C)c1=O)c1ccc2ccccc2c1. The molecule has 0 N–H and O–H groups in total. The maximum atomic E-state index is 12.2. The highest BCUT2D eigenvalue weighted by atomic mass is 35.5. The number of rotatable bonds is 5. The summed E-state index contributed by atoms with van der Waals surface area (Å²) in [7, 11) is 1.53. The lowest BCUT2D eigenvalue weighted by Crippen LogP contribution is -2.23. The van der Waals surface area contributed by atoms with Crippen molar-refractivity contribution < 1.29 is 4.84 Å². The van der Waals surface area contributed by atoms with Crippen LogP contribution in [0, 0.1) is 0 Å². The number of hydrogen-bond donors (Lipinski definition) is 0. The van der Waals surface area contributed by atoms with E-state index in [1.807, 2.05) is 25.1 Å². The fourth-order valence-corrected chi connectivity index (χ4v) is 3.24. The molecule has 0 spiro atoms. The van der Waals surface area contributed by atoms with Gasteiger partial charge in [-0.3, -0.25) is 0 Å². The summed E-state index contributed by atoms with van der Waals surface area (Å²) in [5.41, 5.74) is 2.44. The molecule has 0 radical (unpaired) electrons. The highest BCUT2D eigenvalue weighted by Gasteiger charge is 2.14. The zero-order valence-corrected chi connectivity index (χ0v) is 16.7. The Hall–Kier alpha value is -3.45. The third-order valence-corrected chi connectivity index (χ3v) is 4.98. The minimum atomic E-state index is -0.371. The smallest absolute Gasteiger partial charge is 0.368 e. The van der Waals surface area contributed by atoms with Crippen LogP contribution in [0.2, 0.25) is 5.02 Å². The maximum absolute atomic E-state index is 12.2. The van der Waals surface area contributed by atoms with E-state index in [2.05, 4.69) is 39.8 Å². The Balaban J connectivity index is 1.58. The van der Waals surface area contributed by atoms with E-state index in [1.54, 1.807) is 18.2 Å². The molecule has 0 aliphatic carbocycles. The van der Waals surface area contributed by atoms with Gasteiger partial charge in [0.05, 0.1) is 11.4 Å². The Morgan fingerprint density at radius 2 is 1.86 bits per heavy atom. The van der Waals surface area contributed by atoms with Crippen molar-refractivity contribution in [1.82, 2.24) is 19.8 Å². The molecule has 0 saturated carbocycles. The molecule has 4 aromatic rings. The molecule has 0 amide bonds. The van der Waals surface area contributed by atoms with Gasteiger partial charge in [-0.15, -0.1) is 0 Å². The number of fused-ring (bicyclic) bond motifs is 1. The van der Waals surface area contributed by atoms with Crippen LogP contribution in [-0.2, 0) is 18.5 Å². The van der Waals surface area contributed by atoms with Crippen molar-refractivity contribution in [3.8, 4) is 5.69 Å². The fraction of sp³-hybridized carbons (Fsp3) is 0.143. The molecule has 0 unspecified atom stereocenters. The zero-order chi connectivity index (χ0) is 20.4. The Kier molecular flexibility index (Phi) is 5.14. The van der Waals surface area contributed by atoms with Crippen molar-refractivity contribution in [1.29, 1.82) is 0 Å². The largest absolute Gasteiger partial charge is 0.391 e. The van der Waals surface area contributed by atoms with E-state index < -0.39 is 0 Å². The lowest BCUT2D eigenvalue weighted by molar-refractivity contribution is 0.130. The van der Waals surface area contributed by atoms with Crippen LogP contribution in [0.25, 0.3) is 16.5 Å². The molecule has 3 aromatic carbocycles. The van der Waals surface area contributed by atoms with E-state index in [4.69, 9.17) is 16.4 Å². The van der Waals surface area contributed by atoms with Crippen LogP contribution in [0.3, 0.4) is 0 Å². The normalized spacial score (nSPS) is 11.8. The molecule has 146 valence electrons. The number of oxime groups is 1. The summed E-state index contributed by atoms with van der Waals surface area (Å²) in [6.45, 7) is 1.97. The second-order valence-electron chi connectivity index (χ2n) is 6.55. The van der Waals surface area contributed by atoms with Gasteiger partial charge in [0.15, 0.2) is 0 Å². The second kappa shape index (κ2) is 7.89. The third kappa shape index (κ3) is 3.77. The summed E-state index contributed by atoms with van der Waals surface area (Å²) in [6, 6.07) is 19.5. The van der Waals surface area contributed by atoms with Crippen LogP contribution in [0.4, 0.5) is 0 Å². The van der Waals surface area contributed by atoms with Crippen molar-refractivity contribution in [2.45, 2.75) is 13.5 Å². The van der Waals surface area contributed by atoms with Crippen LogP contribution in [0.1, 0.15) is 18.1 Å². The molecule has 0 aliphatic heterocycles. The molecule has 8 heteroatoms. The van der Waals surface area contributed by atoms with Crippen LogP contribution in [0.5, 0.6) is 0 Å². The monoisotopic (exact) mass is 407 g/mol. The predicted molar refractivity (Wildman–Crippen MR) is 113 cm³/mol. The van der Waals surface area contributed by atoms with Gasteiger partial charge >= 0.3 is 5.69 Å². The molecule has 0 bridgehead atoms. The zero-order valence-electron chi connectivity index (χ0n) is 15.9. The number of nitrogens with zero attached hydrogens (tertiary/aromatic N) is 5. The molecular formula is C21H18ClN5O2. The average Bonchev–Trinajstić information content (AvgIpc) is 3.07. The van der Waals surface area contributed by atoms with E-state index in [-0.39, 0.29) is 12.3 Å². The maximum Gasteiger partial charge on any atom is 0.368 e. The van der Waals surface area contributed by atoms with Gasteiger partial charge in [-0.2, -0.15) is 9.36 Å². The molecule has 1 heterocycles. The van der Waals surface area contributed by atoms with E-state index in [1.165, 1.54) is 17.1 Å². The number of tetrazole rings is 1. The van der Waals surface area contributed by atoms with Crippen LogP contribution in [0.15, 0.2) is 70.6 Å². The number of aryl methyl sites for hydroxylation is 1. The molecule has 0 fully saturated rings. The fourth-order valence-electron chi connectivity index (χ4n) is 3.01. The highest BCUT2D eigenvalue weighted by molar-refractivity contribution is 6.31. The van der Waals surface area contributed by atoms with Gasteiger partial charge in [0.25, 0.3) is 0 Å². The second-order valence-corrected chi connectivity index (χ2v) is 6.95. The van der Waals surface area contributed by atoms with Gasteiger partial charge < -0.3 is 4.84 Å². The molecule has 0 saturated heterocycles. The Labute approximate surface area is 171 Å². The first kappa shape index (κ1) is 18.9. The van der Waals surface area contributed by atoms with E-state index in [0.29, 0.717) is 16.3 Å². The lowest BCUT2D eigenvalue weighted by Gasteiger charge is -2.10. The van der Waals surface area contributed by atoms with Gasteiger partial charge in [0.2, 0.25) is 0 Å². The van der Waals surface area contributed by atoms with Crippen molar-refractivity contribution in [3.05, 3.63) is 87.3 Å². The highest BCUT2D eigenvalue weighted by Crippen LogP contribution is 2.23. The molecule has 7 nitrogen and oxygen atoms in total. The number of benzene rings is 3. The Morgan fingerprint density at radius 3 is 2.62 bits per heavy atom. The molecular weight excluding hydrogens is 390 g/mol. The standard InChI is InChI=1S/C21H18ClN5O2/c1-14(16-11-10-15-6-3-4-7-17(15)12-16)23-29-13-18-19(22)8-5-9-20(18)27-21(28)26(2)24-25-27/h3-12H,13H2,1-2H3. The van der Waals surface area contributed by atoms with Crippen molar-refractivity contribution >= 4 is 28.1 Å². The first-order valence-corrected chi connectivity index (χ1v) is 9.35. The average molecular weight is 408 g/mol. The summed E-state index contributed by atoms with van der Waals surface area (Å²) in [4.78, 5) is 17.8. The first-order valence-electron chi connectivity index (χ1n) is 8.97. The van der Waals surface area contributed by atoms with E-state index >= 15 is 0 Å². The Morgan fingerprint density at radius 1 is 1.07 bits per heavy atom. The van der Waals surface area contributed by atoms with Crippen LogP contribution < -0.4 is 5.69 Å². The van der Waals surface area contributed by atoms with Crippen molar-refractivity contribution in [3.63, 3.8) is 0 Å². The van der Waals surface area contributed by atoms with E-state index in [9.17, 15) is 4.79 Å². The van der Waals surface area contributed by atoms with Gasteiger partial charge in [0.1, 0.15) is 6.61 Å².